The molecule has 2 amide bonds. The van der Waals surface area contributed by atoms with E-state index in [1.54, 1.807) is 7.05 Å². The van der Waals surface area contributed by atoms with Gasteiger partial charge in [-0.05, 0) is 74.1 Å². The summed E-state index contributed by atoms with van der Waals surface area (Å²) in [6.07, 6.45) is 2.25. The molecule has 3 fully saturated rings. The first-order chi connectivity index (χ1) is 18.5. The van der Waals surface area contributed by atoms with Crippen molar-refractivity contribution in [3.63, 3.8) is 0 Å². The number of benzene rings is 2. The molecule has 2 aliphatic heterocycles. The minimum atomic E-state index is -1.21. The first kappa shape index (κ1) is 27.6. The summed E-state index contributed by atoms with van der Waals surface area (Å²) in [5.74, 6) is -0.738. The maximum Gasteiger partial charge on any atom is 0.415 e. The number of ether oxygens (including phenoxy) is 1. The number of aryl methyl sites for hydroxylation is 1. The van der Waals surface area contributed by atoms with E-state index in [1.807, 2.05) is 36.9 Å². The van der Waals surface area contributed by atoms with Gasteiger partial charge in [-0.2, -0.15) is 0 Å². The molecule has 1 saturated carbocycles. The Morgan fingerprint density at radius 3 is 2.38 bits per heavy atom. The Hall–Kier alpha value is -2.97. The van der Waals surface area contributed by atoms with E-state index in [0.717, 1.165) is 24.0 Å². The monoisotopic (exact) mass is 555 g/mol. The Morgan fingerprint density at radius 1 is 1.10 bits per heavy atom. The molecule has 0 bridgehead atoms. The van der Waals surface area contributed by atoms with Gasteiger partial charge in [0.25, 0.3) is 0 Å². The summed E-state index contributed by atoms with van der Waals surface area (Å²) >= 11 is 6.31. The third-order valence-corrected chi connectivity index (χ3v) is 9.32. The molecule has 0 spiro atoms. The van der Waals surface area contributed by atoms with Gasteiger partial charge in [0.05, 0.1) is 0 Å². The Morgan fingerprint density at radius 2 is 1.77 bits per heavy atom. The molecule has 2 heterocycles. The lowest BCUT2D eigenvalue weighted by Crippen LogP contribution is -2.62. The number of likely N-dealkylation sites (tertiary alicyclic amines) is 1. The Balaban J connectivity index is 1.43. The van der Waals surface area contributed by atoms with Crippen molar-refractivity contribution in [1.29, 1.82) is 0 Å². The van der Waals surface area contributed by atoms with Crippen LogP contribution >= 0.6 is 11.6 Å². The second-order valence-electron chi connectivity index (χ2n) is 11.5. The molecule has 2 aromatic rings. The third kappa shape index (κ3) is 5.16. The molecule has 0 unspecified atom stereocenters. The van der Waals surface area contributed by atoms with E-state index in [9.17, 15) is 18.8 Å². The number of halogens is 2. The number of amides is 2. The largest absolute Gasteiger partial charge is 0.415 e. The van der Waals surface area contributed by atoms with Gasteiger partial charge in [0.15, 0.2) is 5.78 Å². The first-order valence-electron chi connectivity index (χ1n) is 13.6. The van der Waals surface area contributed by atoms with Crippen LogP contribution in [0.3, 0.4) is 0 Å². The highest BCUT2D eigenvalue weighted by Crippen LogP contribution is 2.47. The van der Waals surface area contributed by atoms with Crippen LogP contribution in [0.25, 0.3) is 0 Å². The predicted molar refractivity (Wildman–Crippen MR) is 146 cm³/mol. The van der Waals surface area contributed by atoms with Gasteiger partial charge in [0.1, 0.15) is 17.1 Å². The van der Waals surface area contributed by atoms with Crippen LogP contribution in [-0.2, 0) is 9.59 Å². The van der Waals surface area contributed by atoms with Gasteiger partial charge in [-0.25, -0.2) is 9.18 Å². The number of hydrogen-bond acceptors (Lipinski definition) is 5. The fourth-order valence-corrected chi connectivity index (χ4v) is 6.19. The average molecular weight is 556 g/mol. The number of nitrogens with zero attached hydrogens (tertiary/aromatic N) is 2. The summed E-state index contributed by atoms with van der Waals surface area (Å²) in [4.78, 5) is 44.2. The van der Waals surface area contributed by atoms with E-state index in [4.69, 9.17) is 16.3 Å². The van der Waals surface area contributed by atoms with Crippen molar-refractivity contribution in [1.82, 2.24) is 15.1 Å². The third-order valence-electron chi connectivity index (χ3n) is 8.89. The van der Waals surface area contributed by atoms with Crippen LogP contribution in [-0.4, -0.2) is 66.3 Å². The van der Waals surface area contributed by atoms with Crippen LogP contribution in [0.5, 0.6) is 5.75 Å². The van der Waals surface area contributed by atoms with E-state index >= 15 is 0 Å². The van der Waals surface area contributed by atoms with Crippen LogP contribution in [0.2, 0.25) is 5.02 Å². The number of ketones is 1. The molecule has 5 rings (SSSR count). The zero-order valence-electron chi connectivity index (χ0n) is 22.6. The number of Topliss-reactive ketones (excluding diaryl/α,β-unsaturated/α-hetero) is 1. The summed E-state index contributed by atoms with van der Waals surface area (Å²) in [6, 6.07) is 10.9. The molecule has 208 valence electrons. The summed E-state index contributed by atoms with van der Waals surface area (Å²) in [7, 11) is 1.60. The molecular weight excluding hydrogens is 521 g/mol. The lowest BCUT2D eigenvalue weighted by Gasteiger charge is -2.44. The maximum atomic E-state index is 14.5. The SMILES string of the molecule is Cc1cc([C@H]2CNC[C@]2(C(=O)C2CCN(C(=O)C3(C)CC3)CC2)N(C)C(=O)Oc2ccc(F)cc2)ccc1Cl. The van der Waals surface area contributed by atoms with E-state index < -0.39 is 17.4 Å². The summed E-state index contributed by atoms with van der Waals surface area (Å²) in [5.41, 5.74) is 0.344. The van der Waals surface area contributed by atoms with Crippen LogP contribution in [0.1, 0.15) is 49.7 Å². The maximum absolute atomic E-state index is 14.5. The molecule has 9 heteroatoms. The van der Waals surface area contributed by atoms with Crippen LogP contribution in [0.4, 0.5) is 9.18 Å². The smallest absolute Gasteiger partial charge is 0.410 e. The molecule has 1 N–H and O–H groups in total. The van der Waals surface area contributed by atoms with Crippen molar-refractivity contribution in [2.24, 2.45) is 11.3 Å². The van der Waals surface area contributed by atoms with E-state index in [1.165, 1.54) is 29.2 Å². The predicted octanol–water partition coefficient (Wildman–Crippen LogP) is 4.95. The highest BCUT2D eigenvalue weighted by molar-refractivity contribution is 6.31. The molecule has 0 radical (unpaired) electrons. The average Bonchev–Trinajstić information content (AvgIpc) is 3.53. The zero-order chi connectivity index (χ0) is 27.9. The minimum Gasteiger partial charge on any atom is -0.410 e. The molecule has 3 aliphatic rings. The summed E-state index contributed by atoms with van der Waals surface area (Å²) in [6.45, 7) is 5.75. The second-order valence-corrected chi connectivity index (χ2v) is 11.9. The van der Waals surface area contributed by atoms with E-state index in [2.05, 4.69) is 5.32 Å². The minimum absolute atomic E-state index is 0.0339. The fraction of sp³-hybridized carbons (Fsp3) is 0.500. The number of carbonyl (C=O) groups excluding carboxylic acids is 3. The molecular formula is C30H35ClFN3O4. The number of nitrogens with one attached hydrogen (secondary N) is 1. The lowest BCUT2D eigenvalue weighted by atomic mass is 9.72. The highest BCUT2D eigenvalue weighted by atomic mass is 35.5. The number of likely N-dealkylation sites (N-methyl/N-ethyl adjacent to an activating group) is 1. The molecule has 2 atom stereocenters. The van der Waals surface area contributed by atoms with Crippen LogP contribution < -0.4 is 10.1 Å². The van der Waals surface area contributed by atoms with Gasteiger partial charge < -0.3 is 15.0 Å². The molecule has 0 aromatic heterocycles. The lowest BCUT2D eigenvalue weighted by molar-refractivity contribution is -0.142. The number of hydrogen-bond donors (Lipinski definition) is 1. The van der Waals surface area contributed by atoms with E-state index in [0.29, 0.717) is 37.5 Å². The van der Waals surface area contributed by atoms with Crippen LogP contribution in [0, 0.1) is 24.1 Å². The topological polar surface area (TPSA) is 79.0 Å². The van der Waals surface area contributed by atoms with Crippen molar-refractivity contribution < 1.29 is 23.5 Å². The second kappa shape index (κ2) is 10.5. The van der Waals surface area contributed by atoms with Crippen molar-refractivity contribution in [2.75, 3.05) is 33.2 Å². The number of carbonyl (C=O) groups is 3. The Kier molecular flexibility index (Phi) is 7.46. The van der Waals surface area contributed by atoms with Crippen LogP contribution in [0.15, 0.2) is 42.5 Å². The zero-order valence-corrected chi connectivity index (χ0v) is 23.4. The van der Waals surface area contributed by atoms with Gasteiger partial charge >= 0.3 is 6.09 Å². The molecule has 2 saturated heterocycles. The Bertz CT molecular complexity index is 1270. The van der Waals surface area contributed by atoms with Gasteiger partial charge in [-0.3, -0.25) is 14.5 Å². The van der Waals surface area contributed by atoms with E-state index in [-0.39, 0.29) is 41.2 Å². The quantitative estimate of drug-likeness (QED) is 0.545. The standard InChI is InChI=1S/C30H35ClFN3O4/c1-19-16-21(4-9-25(19)31)24-17-33-18-30(24,34(3)28(38)39-23-7-5-22(32)6-8-23)26(36)20-10-14-35(15-11-20)27(37)29(2)12-13-29/h4-9,16,20,24,33H,10-15,17-18H2,1-3H3/t24-,30+/m1/s1. The van der Waals surface area contributed by atoms with Crippen molar-refractivity contribution in [2.45, 2.75) is 51.0 Å². The van der Waals surface area contributed by atoms with Crippen molar-refractivity contribution in [3.8, 4) is 5.75 Å². The molecule has 2 aromatic carbocycles. The normalized spacial score (nSPS) is 24.3. The summed E-state index contributed by atoms with van der Waals surface area (Å²) < 4.78 is 19.0. The van der Waals surface area contributed by atoms with Gasteiger partial charge in [-0.1, -0.05) is 30.7 Å². The summed E-state index contributed by atoms with van der Waals surface area (Å²) in [5, 5.41) is 3.99. The van der Waals surface area contributed by atoms with Crippen molar-refractivity contribution in [3.05, 3.63) is 64.4 Å². The van der Waals surface area contributed by atoms with Gasteiger partial charge in [0.2, 0.25) is 5.91 Å². The molecule has 1 aliphatic carbocycles. The first-order valence-corrected chi connectivity index (χ1v) is 13.9. The highest BCUT2D eigenvalue weighted by Gasteiger charge is 2.57. The van der Waals surface area contributed by atoms with Crippen molar-refractivity contribution >= 4 is 29.4 Å². The fourth-order valence-electron chi connectivity index (χ4n) is 6.07. The number of piperidine rings is 1. The molecule has 7 nitrogen and oxygen atoms in total. The molecule has 39 heavy (non-hydrogen) atoms. The number of rotatable bonds is 6. The van der Waals surface area contributed by atoms with Gasteiger partial charge in [-0.15, -0.1) is 0 Å². The van der Waals surface area contributed by atoms with Gasteiger partial charge in [0, 0.05) is 55.5 Å². The Labute approximate surface area is 233 Å².